The summed E-state index contributed by atoms with van der Waals surface area (Å²) < 4.78 is 11.0. The third-order valence-corrected chi connectivity index (χ3v) is 5.76. The third-order valence-electron chi connectivity index (χ3n) is 4.98. The summed E-state index contributed by atoms with van der Waals surface area (Å²) in [6.07, 6.45) is 0.265. The molecule has 1 fully saturated rings. The second kappa shape index (κ2) is 11.6. The molecule has 34 heavy (non-hydrogen) atoms. The Balaban J connectivity index is 1.70. The molecule has 3 rings (SSSR count). The van der Waals surface area contributed by atoms with Crippen LogP contribution >= 0.6 is 34.8 Å². The maximum absolute atomic E-state index is 13.1. The molecule has 10 heteroatoms. The first-order valence-corrected chi connectivity index (χ1v) is 11.9. The van der Waals surface area contributed by atoms with Gasteiger partial charge < -0.3 is 9.47 Å². The summed E-state index contributed by atoms with van der Waals surface area (Å²) >= 11 is 18.2. The number of hydrogen-bond donors (Lipinski definition) is 1. The average Bonchev–Trinajstić information content (AvgIpc) is 2.75. The lowest BCUT2D eigenvalue weighted by Crippen LogP contribution is -2.57. The molecule has 0 aliphatic carbocycles. The lowest BCUT2D eigenvalue weighted by Gasteiger charge is -2.38. The van der Waals surface area contributed by atoms with Crippen LogP contribution in [-0.4, -0.2) is 41.2 Å². The van der Waals surface area contributed by atoms with E-state index in [0.717, 1.165) is 5.56 Å². The highest BCUT2D eigenvalue weighted by Gasteiger charge is 2.40. The van der Waals surface area contributed by atoms with E-state index in [1.165, 1.54) is 17.0 Å². The van der Waals surface area contributed by atoms with Crippen molar-refractivity contribution in [3.05, 3.63) is 63.1 Å². The quantitative estimate of drug-likeness (QED) is 0.279. The number of piperidine rings is 1. The number of hydroxylamine groups is 1. The van der Waals surface area contributed by atoms with Gasteiger partial charge in [0.2, 0.25) is 0 Å². The number of hydrogen-bond acceptors (Lipinski definition) is 6. The van der Waals surface area contributed by atoms with Gasteiger partial charge in [-0.2, -0.15) is 5.48 Å². The molecule has 2 atom stereocenters. The van der Waals surface area contributed by atoms with E-state index in [2.05, 4.69) is 5.48 Å². The minimum Gasteiger partial charge on any atom is -0.444 e. The van der Waals surface area contributed by atoms with Gasteiger partial charge in [-0.1, -0.05) is 65.1 Å². The highest BCUT2D eigenvalue weighted by Crippen LogP contribution is 2.36. The van der Waals surface area contributed by atoms with Gasteiger partial charge in [0.15, 0.2) is 5.75 Å². The zero-order chi connectivity index (χ0) is 24.9. The molecule has 1 saturated heterocycles. The summed E-state index contributed by atoms with van der Waals surface area (Å²) in [5.74, 6) is -0.672. The molecular formula is C24H27Cl3N2O5. The largest absolute Gasteiger partial charge is 0.444 e. The number of amides is 1. The van der Waals surface area contributed by atoms with Gasteiger partial charge in [0.1, 0.15) is 11.6 Å². The highest BCUT2D eigenvalue weighted by molar-refractivity contribution is 6.40. The van der Waals surface area contributed by atoms with Crippen molar-refractivity contribution < 1.29 is 23.9 Å². The molecule has 0 spiro atoms. The van der Waals surface area contributed by atoms with Gasteiger partial charge in [-0.05, 0) is 51.3 Å². The number of esters is 1. The lowest BCUT2D eigenvalue weighted by atomic mass is 9.99. The number of halogens is 3. The number of ether oxygens (including phenoxy) is 2. The van der Waals surface area contributed by atoms with Crippen molar-refractivity contribution in [3.8, 4) is 5.75 Å². The van der Waals surface area contributed by atoms with Gasteiger partial charge in [-0.3, -0.25) is 9.74 Å². The zero-order valence-electron chi connectivity index (χ0n) is 19.1. The third kappa shape index (κ3) is 7.48. The van der Waals surface area contributed by atoms with E-state index in [4.69, 9.17) is 49.1 Å². The molecular weight excluding hydrogens is 503 g/mol. The Morgan fingerprint density at radius 3 is 2.32 bits per heavy atom. The summed E-state index contributed by atoms with van der Waals surface area (Å²) in [5.41, 5.74) is 3.26. The maximum atomic E-state index is 13.1. The summed E-state index contributed by atoms with van der Waals surface area (Å²) in [7, 11) is 0. The van der Waals surface area contributed by atoms with E-state index in [0.29, 0.717) is 24.5 Å². The van der Waals surface area contributed by atoms with Gasteiger partial charge in [0.25, 0.3) is 0 Å². The van der Waals surface area contributed by atoms with Crippen LogP contribution in [0.5, 0.6) is 5.75 Å². The van der Waals surface area contributed by atoms with Gasteiger partial charge in [0, 0.05) is 11.6 Å². The molecule has 1 N–H and O–H groups in total. The fraction of sp³-hybridized carbons (Fsp3) is 0.417. The number of likely N-dealkylation sites (tertiary alicyclic amines) is 1. The van der Waals surface area contributed by atoms with E-state index < -0.39 is 23.7 Å². The predicted molar refractivity (Wildman–Crippen MR) is 131 cm³/mol. The molecule has 1 heterocycles. The molecule has 2 aromatic carbocycles. The minimum atomic E-state index is -0.884. The van der Waals surface area contributed by atoms with Crippen LogP contribution in [0.15, 0.2) is 42.5 Å². The standard InChI is InChI=1S/C24H27Cl3N2O5/c1-24(2,3)34-23(31)29-13-17(28-32-14-15-7-5-4-6-8-15)9-10-20(29)22(30)33-21-18(26)11-16(25)12-19(21)27/h4-8,11-12,17,20,28H,9-10,13-14H2,1-3H3/t17-,20+/m1/s1. The molecule has 1 aliphatic heterocycles. The lowest BCUT2D eigenvalue weighted by molar-refractivity contribution is -0.142. The first-order chi connectivity index (χ1) is 16.0. The van der Waals surface area contributed by atoms with Crippen LogP contribution in [0, 0.1) is 0 Å². The van der Waals surface area contributed by atoms with Gasteiger partial charge >= 0.3 is 12.1 Å². The highest BCUT2D eigenvalue weighted by atomic mass is 35.5. The number of nitrogens with one attached hydrogen (secondary N) is 1. The molecule has 2 aromatic rings. The first-order valence-electron chi connectivity index (χ1n) is 10.8. The van der Waals surface area contributed by atoms with Crippen LogP contribution < -0.4 is 10.2 Å². The zero-order valence-corrected chi connectivity index (χ0v) is 21.4. The van der Waals surface area contributed by atoms with Crippen molar-refractivity contribution >= 4 is 46.9 Å². The Hall–Kier alpha value is -2.03. The van der Waals surface area contributed by atoms with Crippen LogP contribution in [0.1, 0.15) is 39.2 Å². The van der Waals surface area contributed by atoms with E-state index in [9.17, 15) is 9.59 Å². The monoisotopic (exact) mass is 528 g/mol. The van der Waals surface area contributed by atoms with Crippen molar-refractivity contribution in [2.45, 2.75) is 57.9 Å². The molecule has 0 aromatic heterocycles. The smallest absolute Gasteiger partial charge is 0.411 e. The van der Waals surface area contributed by atoms with Crippen LogP contribution in [0.2, 0.25) is 15.1 Å². The predicted octanol–water partition coefficient (Wildman–Crippen LogP) is 6.04. The van der Waals surface area contributed by atoms with Crippen molar-refractivity contribution in [1.82, 2.24) is 10.4 Å². The first kappa shape index (κ1) is 26.6. The second-order valence-electron chi connectivity index (χ2n) is 8.93. The molecule has 0 radical (unpaired) electrons. The Morgan fingerprint density at radius 1 is 1.06 bits per heavy atom. The number of carbonyl (C=O) groups excluding carboxylic acids is 2. The summed E-state index contributed by atoms with van der Waals surface area (Å²) in [4.78, 5) is 33.0. The number of benzene rings is 2. The molecule has 1 aliphatic rings. The van der Waals surface area contributed by atoms with Crippen molar-refractivity contribution in [3.63, 3.8) is 0 Å². The van der Waals surface area contributed by atoms with Crippen molar-refractivity contribution in [2.24, 2.45) is 0 Å². The van der Waals surface area contributed by atoms with Gasteiger partial charge in [0.05, 0.1) is 22.7 Å². The SMILES string of the molecule is CC(C)(C)OC(=O)N1C[C@H](NOCc2ccccc2)CC[C@H]1C(=O)Oc1c(Cl)cc(Cl)cc1Cl. The Bertz CT molecular complexity index is 990. The second-order valence-corrected chi connectivity index (χ2v) is 10.2. The van der Waals surface area contributed by atoms with Crippen LogP contribution in [0.25, 0.3) is 0 Å². The maximum Gasteiger partial charge on any atom is 0.411 e. The Kier molecular flexibility index (Phi) is 9.07. The van der Waals surface area contributed by atoms with Crippen molar-refractivity contribution in [2.75, 3.05) is 6.54 Å². The van der Waals surface area contributed by atoms with Gasteiger partial charge in [-0.25, -0.2) is 9.59 Å². The molecule has 1 amide bonds. The van der Waals surface area contributed by atoms with Crippen LogP contribution in [0.4, 0.5) is 4.79 Å². The van der Waals surface area contributed by atoms with E-state index in [1.807, 2.05) is 30.3 Å². The molecule has 7 nitrogen and oxygen atoms in total. The molecule has 184 valence electrons. The summed E-state index contributed by atoms with van der Waals surface area (Å²) in [6, 6.07) is 11.5. The normalized spacial score (nSPS) is 18.5. The van der Waals surface area contributed by atoms with Crippen molar-refractivity contribution in [1.29, 1.82) is 0 Å². The average molecular weight is 530 g/mol. The fourth-order valence-corrected chi connectivity index (χ4v) is 4.34. The van der Waals surface area contributed by atoms with E-state index in [-0.39, 0.29) is 28.4 Å². The van der Waals surface area contributed by atoms with E-state index in [1.54, 1.807) is 20.8 Å². The Morgan fingerprint density at radius 2 is 1.71 bits per heavy atom. The van der Waals surface area contributed by atoms with Crippen LogP contribution in [-0.2, 0) is 21.0 Å². The fourth-order valence-electron chi connectivity index (χ4n) is 3.45. The molecule has 0 unspecified atom stereocenters. The van der Waals surface area contributed by atoms with E-state index >= 15 is 0 Å². The van der Waals surface area contributed by atoms with Gasteiger partial charge in [-0.15, -0.1) is 0 Å². The minimum absolute atomic E-state index is 0.00619. The van der Waals surface area contributed by atoms with Crippen LogP contribution in [0.3, 0.4) is 0 Å². The number of nitrogens with zero attached hydrogens (tertiary/aromatic N) is 1. The number of carbonyl (C=O) groups is 2. The summed E-state index contributed by atoms with van der Waals surface area (Å²) in [5, 5.41) is 0.505. The molecule has 0 bridgehead atoms. The summed E-state index contributed by atoms with van der Waals surface area (Å²) in [6.45, 7) is 5.82. The molecule has 0 saturated carbocycles. The number of rotatable bonds is 6. The Labute approximate surface area is 214 Å². The topological polar surface area (TPSA) is 77.1 Å².